The topological polar surface area (TPSA) is 123 Å². The maximum Gasteiger partial charge on any atom is 0.240 e. The molecule has 9 heteroatoms. The molecule has 0 spiro atoms. The van der Waals surface area contributed by atoms with E-state index in [1.54, 1.807) is 30.6 Å². The second-order valence-electron chi connectivity index (χ2n) is 7.27. The van der Waals surface area contributed by atoms with E-state index in [1.807, 2.05) is 19.9 Å². The minimum Gasteiger partial charge on any atom is -0.383 e. The number of aromatic amines is 1. The number of aromatic nitrogens is 3. The zero-order valence-corrected chi connectivity index (χ0v) is 17.1. The zero-order chi connectivity index (χ0) is 20.6. The lowest BCUT2D eigenvalue weighted by Crippen LogP contribution is -2.39. The van der Waals surface area contributed by atoms with E-state index >= 15 is 0 Å². The first-order chi connectivity index (χ1) is 13.8. The summed E-state index contributed by atoms with van der Waals surface area (Å²) < 4.78 is 33.2. The second-order valence-corrected chi connectivity index (χ2v) is 9.04. The van der Waals surface area contributed by atoms with Gasteiger partial charge in [0, 0.05) is 29.8 Å². The van der Waals surface area contributed by atoms with Gasteiger partial charge in [0.05, 0.1) is 30.0 Å². The van der Waals surface area contributed by atoms with Crippen molar-refractivity contribution in [3.8, 4) is 22.4 Å². The first-order valence-electron chi connectivity index (χ1n) is 9.29. The lowest BCUT2D eigenvalue weighted by Gasteiger charge is -2.25. The zero-order valence-electron chi connectivity index (χ0n) is 16.3. The third-order valence-corrected chi connectivity index (χ3v) is 6.43. The van der Waals surface area contributed by atoms with Gasteiger partial charge in [0.2, 0.25) is 10.0 Å². The minimum atomic E-state index is -3.61. The van der Waals surface area contributed by atoms with Gasteiger partial charge in [-0.3, -0.25) is 0 Å². The molecule has 3 heterocycles. The number of aryl methyl sites for hydroxylation is 2. The summed E-state index contributed by atoms with van der Waals surface area (Å²) in [7, 11) is -3.61. The van der Waals surface area contributed by atoms with Gasteiger partial charge in [0.1, 0.15) is 11.6 Å². The van der Waals surface area contributed by atoms with E-state index in [0.29, 0.717) is 25.6 Å². The quantitative estimate of drug-likeness (QED) is 0.570. The normalized spacial score (nSPS) is 14.7. The van der Waals surface area contributed by atoms with E-state index in [4.69, 9.17) is 10.5 Å². The van der Waals surface area contributed by atoms with E-state index in [0.717, 1.165) is 33.8 Å². The van der Waals surface area contributed by atoms with Gasteiger partial charge in [-0.15, -0.1) is 0 Å². The van der Waals surface area contributed by atoms with Gasteiger partial charge >= 0.3 is 0 Å². The number of H-pyrrole nitrogens is 1. The molecule has 1 saturated heterocycles. The highest BCUT2D eigenvalue weighted by Gasteiger charge is 2.23. The molecule has 0 radical (unpaired) electrons. The summed E-state index contributed by atoms with van der Waals surface area (Å²) >= 11 is 0. The Bertz CT molecular complexity index is 1150. The van der Waals surface area contributed by atoms with Crippen LogP contribution in [0.3, 0.4) is 0 Å². The van der Waals surface area contributed by atoms with E-state index in [9.17, 15) is 8.42 Å². The van der Waals surface area contributed by atoms with Crippen molar-refractivity contribution in [3.05, 3.63) is 48.0 Å². The molecule has 4 N–H and O–H groups in total. The van der Waals surface area contributed by atoms with Gasteiger partial charge in [-0.05, 0) is 43.2 Å². The molecule has 0 atom stereocenters. The number of pyridine rings is 1. The number of sulfonamides is 1. The predicted octanol–water partition coefficient (Wildman–Crippen LogP) is 2.26. The molecule has 0 saturated carbocycles. The predicted molar refractivity (Wildman–Crippen MR) is 111 cm³/mol. The maximum atomic E-state index is 12.7. The second kappa shape index (κ2) is 7.58. The fourth-order valence-electron chi connectivity index (χ4n) is 3.19. The molecule has 0 amide bonds. The molecule has 3 aromatic rings. The van der Waals surface area contributed by atoms with Crippen molar-refractivity contribution in [1.82, 2.24) is 19.7 Å². The summed E-state index contributed by atoms with van der Waals surface area (Å²) in [6, 6.07) is 6.98. The molecule has 29 heavy (non-hydrogen) atoms. The molecular weight excluding hydrogens is 390 g/mol. The molecule has 8 nitrogen and oxygen atoms in total. The van der Waals surface area contributed by atoms with Crippen molar-refractivity contribution < 1.29 is 13.2 Å². The first kappa shape index (κ1) is 19.6. The number of nitrogens with two attached hydrogens (primary N) is 1. The molecule has 1 aliphatic rings. The number of hydrogen-bond acceptors (Lipinski definition) is 6. The van der Waals surface area contributed by atoms with Crippen LogP contribution in [0.5, 0.6) is 0 Å². The number of ether oxygens (including phenoxy) is 1. The number of benzene rings is 1. The molecule has 0 bridgehead atoms. The van der Waals surface area contributed by atoms with Gasteiger partial charge in [0.15, 0.2) is 0 Å². The van der Waals surface area contributed by atoms with Crippen LogP contribution in [-0.2, 0) is 14.8 Å². The van der Waals surface area contributed by atoms with E-state index in [1.165, 1.54) is 0 Å². The molecule has 2 aromatic heterocycles. The number of nitrogens with zero attached hydrogens (tertiary/aromatic N) is 2. The highest BCUT2D eigenvalue weighted by atomic mass is 32.2. The van der Waals surface area contributed by atoms with Crippen molar-refractivity contribution in [2.45, 2.75) is 18.7 Å². The fourth-order valence-corrected chi connectivity index (χ4v) is 4.33. The molecule has 152 valence electrons. The lowest BCUT2D eigenvalue weighted by molar-refractivity contribution is -0.0283. The van der Waals surface area contributed by atoms with Gasteiger partial charge in [-0.25, -0.2) is 23.1 Å². The number of anilines is 1. The Hall–Kier alpha value is -2.75. The summed E-state index contributed by atoms with van der Waals surface area (Å²) in [4.78, 5) is 11.9. The molecule has 1 aromatic carbocycles. The maximum absolute atomic E-state index is 12.7. The van der Waals surface area contributed by atoms with Crippen molar-refractivity contribution >= 4 is 15.8 Å². The van der Waals surface area contributed by atoms with E-state index in [2.05, 4.69) is 19.7 Å². The number of rotatable bonds is 6. The van der Waals surface area contributed by atoms with E-state index in [-0.39, 0.29) is 10.8 Å². The van der Waals surface area contributed by atoms with Crippen LogP contribution in [0.1, 0.15) is 11.4 Å². The standard InChI is InChI=1S/C20H23N5O3S/c1-12-3-4-16(29(26,27)24-7-14-10-28-11-14)6-17(12)15-5-18(20(21)23-8-15)19-9-22-13(2)25-19/h3-6,8-9,14,24H,7,10-11H2,1-2H3,(H2,21,23)(H,22,25). The Kier molecular flexibility index (Phi) is 5.12. The van der Waals surface area contributed by atoms with Gasteiger partial charge in [0.25, 0.3) is 0 Å². The third kappa shape index (κ3) is 4.02. The van der Waals surface area contributed by atoms with Crippen LogP contribution in [0.2, 0.25) is 0 Å². The average Bonchev–Trinajstić information content (AvgIpc) is 3.07. The Morgan fingerprint density at radius 1 is 1.17 bits per heavy atom. The smallest absolute Gasteiger partial charge is 0.240 e. The SMILES string of the molecule is Cc1ncc(-c2cc(-c3cc(S(=O)(=O)NCC4COC4)ccc3C)cnc2N)[nH]1. The summed E-state index contributed by atoms with van der Waals surface area (Å²) in [6.07, 6.45) is 3.36. The Morgan fingerprint density at radius 2 is 1.97 bits per heavy atom. The Balaban J connectivity index is 1.69. The number of hydrogen-bond donors (Lipinski definition) is 3. The summed E-state index contributed by atoms with van der Waals surface area (Å²) in [5.41, 5.74) is 10.0. The summed E-state index contributed by atoms with van der Waals surface area (Å²) in [5, 5.41) is 0. The van der Waals surface area contributed by atoms with Crippen LogP contribution in [0.25, 0.3) is 22.4 Å². The van der Waals surface area contributed by atoms with Crippen LogP contribution in [0.15, 0.2) is 41.6 Å². The summed E-state index contributed by atoms with van der Waals surface area (Å²) in [5.74, 6) is 1.39. The highest BCUT2D eigenvalue weighted by Crippen LogP contribution is 2.31. The van der Waals surface area contributed by atoms with Gasteiger partial charge in [-0.1, -0.05) is 6.07 Å². The average molecular weight is 414 g/mol. The third-order valence-electron chi connectivity index (χ3n) is 5.01. The largest absolute Gasteiger partial charge is 0.383 e. The minimum absolute atomic E-state index is 0.217. The van der Waals surface area contributed by atoms with Gasteiger partial charge in [-0.2, -0.15) is 0 Å². The van der Waals surface area contributed by atoms with Crippen molar-refractivity contribution in [2.75, 3.05) is 25.5 Å². The van der Waals surface area contributed by atoms with Crippen molar-refractivity contribution in [1.29, 1.82) is 0 Å². The van der Waals surface area contributed by atoms with Crippen LogP contribution < -0.4 is 10.5 Å². The Morgan fingerprint density at radius 3 is 2.62 bits per heavy atom. The first-order valence-corrected chi connectivity index (χ1v) is 10.8. The monoisotopic (exact) mass is 413 g/mol. The van der Waals surface area contributed by atoms with Crippen LogP contribution in [0.4, 0.5) is 5.82 Å². The Labute approximate surface area is 169 Å². The molecule has 1 fully saturated rings. The fraction of sp³-hybridized carbons (Fsp3) is 0.300. The summed E-state index contributed by atoms with van der Waals surface area (Å²) in [6.45, 7) is 5.35. The molecule has 0 aliphatic carbocycles. The van der Waals surface area contributed by atoms with Crippen LogP contribution in [-0.4, -0.2) is 43.1 Å². The van der Waals surface area contributed by atoms with Crippen molar-refractivity contribution in [2.24, 2.45) is 5.92 Å². The molecule has 1 aliphatic heterocycles. The number of imidazole rings is 1. The molecule has 0 unspecified atom stereocenters. The van der Waals surface area contributed by atoms with Crippen molar-refractivity contribution in [3.63, 3.8) is 0 Å². The lowest BCUT2D eigenvalue weighted by atomic mass is 10.00. The number of nitrogens with one attached hydrogen (secondary N) is 2. The van der Waals surface area contributed by atoms with Crippen LogP contribution >= 0.6 is 0 Å². The molecular formula is C20H23N5O3S. The van der Waals surface area contributed by atoms with Crippen LogP contribution in [0, 0.1) is 19.8 Å². The highest BCUT2D eigenvalue weighted by molar-refractivity contribution is 7.89. The molecule has 4 rings (SSSR count). The van der Waals surface area contributed by atoms with Gasteiger partial charge < -0.3 is 15.5 Å². The van der Waals surface area contributed by atoms with E-state index < -0.39 is 10.0 Å². The number of nitrogen functional groups attached to an aromatic ring is 1.